The van der Waals surface area contributed by atoms with Crippen molar-refractivity contribution in [1.82, 2.24) is 30.0 Å². The minimum atomic E-state index is -0.957. The summed E-state index contributed by atoms with van der Waals surface area (Å²) in [4.78, 5) is 40.1. The summed E-state index contributed by atoms with van der Waals surface area (Å²) in [5.74, 6) is 0.944. The first-order valence-corrected chi connectivity index (χ1v) is 15.5. The number of aromatic nitrogens is 2. The number of carbonyl (C=O) groups is 2. The monoisotopic (exact) mass is 629 g/mol. The molecule has 3 aromatic rings. The average Bonchev–Trinajstić information content (AvgIpc) is 3.63. The molecule has 0 aliphatic carbocycles. The molecule has 2 atom stereocenters. The SMILES string of the molecule is COc1ccc(CCNC(=O)CC2CN(C(=O)COc3ccccc3)CCN2C2(n3ccnc3)C=C(C(C)C)NC=N2)cc1OC. The van der Waals surface area contributed by atoms with E-state index in [1.165, 1.54) is 0 Å². The standard InChI is InChI=1S/C34H43N7O5/c1-25(2)29-20-34(38-23-37-29,40-15-14-35-24-40)41-17-16-39(33(43)22-46-28-8-6-5-7-9-28)21-27(41)19-32(42)36-13-12-26-10-11-30(44-3)31(18-26)45-4/h5-11,14-15,18,20,23-25,27H,12-13,16-17,19,21-22H2,1-4H3,(H,36,42)(H,37,38). The van der Waals surface area contributed by atoms with Crippen LogP contribution in [0.25, 0.3) is 0 Å². The quantitative estimate of drug-likeness (QED) is 0.296. The van der Waals surface area contributed by atoms with Crippen molar-refractivity contribution in [3.8, 4) is 17.2 Å². The van der Waals surface area contributed by atoms with Crippen molar-refractivity contribution in [3.05, 3.63) is 84.6 Å². The third-order valence-corrected chi connectivity index (χ3v) is 8.31. The highest BCUT2D eigenvalue weighted by Gasteiger charge is 2.45. The third kappa shape index (κ3) is 7.51. The lowest BCUT2D eigenvalue weighted by Gasteiger charge is -2.50. The third-order valence-electron chi connectivity index (χ3n) is 8.31. The molecule has 2 aliphatic rings. The van der Waals surface area contributed by atoms with Gasteiger partial charge in [0.2, 0.25) is 11.7 Å². The zero-order valence-corrected chi connectivity index (χ0v) is 26.9. The van der Waals surface area contributed by atoms with Crippen LogP contribution in [0.5, 0.6) is 17.2 Å². The smallest absolute Gasteiger partial charge is 0.260 e. The van der Waals surface area contributed by atoms with Crippen LogP contribution in [0.15, 0.2) is 84.0 Å². The Morgan fingerprint density at radius 1 is 1.09 bits per heavy atom. The van der Waals surface area contributed by atoms with Crippen molar-refractivity contribution in [3.63, 3.8) is 0 Å². The molecule has 5 rings (SSSR count). The van der Waals surface area contributed by atoms with E-state index in [-0.39, 0.29) is 36.8 Å². The molecule has 2 aliphatic heterocycles. The molecule has 0 radical (unpaired) electrons. The fraction of sp³-hybridized carbons (Fsp3) is 0.412. The number of carbonyl (C=O) groups excluding carboxylic acids is 2. The molecule has 1 aromatic heterocycles. The molecule has 12 nitrogen and oxygen atoms in total. The largest absolute Gasteiger partial charge is 0.493 e. The predicted molar refractivity (Wildman–Crippen MR) is 175 cm³/mol. The molecule has 2 N–H and O–H groups in total. The van der Waals surface area contributed by atoms with Crippen molar-refractivity contribution in [2.24, 2.45) is 10.9 Å². The lowest BCUT2D eigenvalue weighted by molar-refractivity contribution is -0.141. The van der Waals surface area contributed by atoms with Gasteiger partial charge in [-0.25, -0.2) is 9.98 Å². The van der Waals surface area contributed by atoms with Gasteiger partial charge >= 0.3 is 0 Å². The zero-order chi connectivity index (χ0) is 32.5. The fourth-order valence-corrected chi connectivity index (χ4v) is 5.83. The second kappa shape index (κ2) is 15.0. The van der Waals surface area contributed by atoms with Crippen LogP contribution in [-0.4, -0.2) is 90.6 Å². The minimum absolute atomic E-state index is 0.0829. The Hall–Kier alpha value is -4.84. The normalized spacial score (nSPS) is 19.7. The van der Waals surface area contributed by atoms with E-state index in [9.17, 15) is 9.59 Å². The number of imidazole rings is 1. The number of piperazine rings is 1. The van der Waals surface area contributed by atoms with Crippen LogP contribution in [0.4, 0.5) is 0 Å². The second-order valence-corrected chi connectivity index (χ2v) is 11.6. The lowest BCUT2D eigenvalue weighted by atomic mass is 10.0. The van der Waals surface area contributed by atoms with E-state index in [1.54, 1.807) is 38.0 Å². The first-order valence-electron chi connectivity index (χ1n) is 15.5. The van der Waals surface area contributed by atoms with Crippen LogP contribution in [0.2, 0.25) is 0 Å². The van der Waals surface area contributed by atoms with Crippen LogP contribution in [0.3, 0.4) is 0 Å². The van der Waals surface area contributed by atoms with Gasteiger partial charge in [0, 0.05) is 56.7 Å². The summed E-state index contributed by atoms with van der Waals surface area (Å²) in [6, 6.07) is 14.7. The number of aliphatic imine (C=N–C) groups is 1. The highest BCUT2D eigenvalue weighted by atomic mass is 16.5. The van der Waals surface area contributed by atoms with Gasteiger partial charge in [0.25, 0.3) is 5.91 Å². The van der Waals surface area contributed by atoms with E-state index in [1.807, 2.05) is 59.3 Å². The molecule has 1 fully saturated rings. The summed E-state index contributed by atoms with van der Waals surface area (Å²) >= 11 is 0. The van der Waals surface area contributed by atoms with Crippen molar-refractivity contribution >= 4 is 18.2 Å². The topological polar surface area (TPSA) is 123 Å². The van der Waals surface area contributed by atoms with Crippen molar-refractivity contribution in [2.75, 3.05) is 47.0 Å². The summed E-state index contributed by atoms with van der Waals surface area (Å²) < 4.78 is 18.5. The number of rotatable bonds is 13. The van der Waals surface area contributed by atoms with Gasteiger partial charge in [0.1, 0.15) is 5.75 Å². The maximum absolute atomic E-state index is 13.5. The number of amides is 2. The number of allylic oxidation sites excluding steroid dienone is 1. The van der Waals surface area contributed by atoms with Gasteiger partial charge in [-0.3, -0.25) is 19.1 Å². The first kappa shape index (κ1) is 32.6. The Morgan fingerprint density at radius 3 is 2.61 bits per heavy atom. The van der Waals surface area contributed by atoms with Crippen molar-refractivity contribution in [2.45, 2.75) is 38.5 Å². The van der Waals surface area contributed by atoms with Crippen LogP contribution in [0.1, 0.15) is 25.8 Å². The fourth-order valence-electron chi connectivity index (χ4n) is 5.83. The maximum Gasteiger partial charge on any atom is 0.260 e. The summed E-state index contributed by atoms with van der Waals surface area (Å²) in [5, 5.41) is 6.36. The molecule has 46 heavy (non-hydrogen) atoms. The number of ether oxygens (including phenoxy) is 3. The molecule has 244 valence electrons. The van der Waals surface area contributed by atoms with Gasteiger partial charge < -0.3 is 29.7 Å². The Kier molecular flexibility index (Phi) is 10.6. The molecular formula is C34H43N7O5. The molecule has 0 bridgehead atoms. The van der Waals surface area contributed by atoms with Gasteiger partial charge in [-0.1, -0.05) is 38.1 Å². The van der Waals surface area contributed by atoms with Gasteiger partial charge in [-0.2, -0.15) is 0 Å². The molecule has 0 spiro atoms. The molecule has 3 heterocycles. The Labute approximate surface area is 270 Å². The van der Waals surface area contributed by atoms with Gasteiger partial charge in [0.15, 0.2) is 18.1 Å². The molecular weight excluding hydrogens is 586 g/mol. The number of para-hydroxylation sites is 1. The molecule has 0 saturated carbocycles. The van der Waals surface area contributed by atoms with Crippen molar-refractivity contribution < 1.29 is 23.8 Å². The summed E-state index contributed by atoms with van der Waals surface area (Å²) in [6.07, 6.45) is 9.93. The van der Waals surface area contributed by atoms with Gasteiger partial charge in [-0.05, 0) is 48.2 Å². The van der Waals surface area contributed by atoms with E-state index < -0.39 is 5.79 Å². The van der Waals surface area contributed by atoms with Crippen LogP contribution in [-0.2, 0) is 21.8 Å². The Morgan fingerprint density at radius 2 is 1.89 bits per heavy atom. The lowest BCUT2D eigenvalue weighted by Crippen LogP contribution is -2.64. The number of benzene rings is 2. The molecule has 1 saturated heterocycles. The summed E-state index contributed by atoms with van der Waals surface area (Å²) in [5.41, 5.74) is 2.03. The van der Waals surface area contributed by atoms with Crippen LogP contribution in [0, 0.1) is 5.92 Å². The van der Waals surface area contributed by atoms with Gasteiger partial charge in [0.05, 0.1) is 26.9 Å². The number of hydrogen-bond acceptors (Lipinski definition) is 9. The maximum atomic E-state index is 13.5. The summed E-state index contributed by atoms with van der Waals surface area (Å²) in [7, 11) is 3.20. The van der Waals surface area contributed by atoms with E-state index in [2.05, 4.69) is 40.4 Å². The van der Waals surface area contributed by atoms with E-state index in [4.69, 9.17) is 19.2 Å². The number of nitrogens with one attached hydrogen (secondary N) is 2. The molecule has 2 aromatic carbocycles. The van der Waals surface area contributed by atoms with E-state index in [0.717, 1.165) is 11.3 Å². The highest BCUT2D eigenvalue weighted by molar-refractivity contribution is 5.79. The number of hydrogen-bond donors (Lipinski definition) is 2. The zero-order valence-electron chi connectivity index (χ0n) is 26.9. The van der Waals surface area contributed by atoms with Crippen LogP contribution >= 0.6 is 0 Å². The summed E-state index contributed by atoms with van der Waals surface area (Å²) in [6.45, 7) is 5.87. The minimum Gasteiger partial charge on any atom is -0.493 e. The van der Waals surface area contributed by atoms with Crippen LogP contribution < -0.4 is 24.8 Å². The highest BCUT2D eigenvalue weighted by Crippen LogP contribution is 2.34. The van der Waals surface area contributed by atoms with Crippen molar-refractivity contribution in [1.29, 1.82) is 0 Å². The van der Waals surface area contributed by atoms with E-state index >= 15 is 0 Å². The first-order chi connectivity index (χ1) is 22.3. The Balaban J connectivity index is 1.34. The molecule has 2 unspecified atom stereocenters. The Bertz CT molecular complexity index is 1530. The second-order valence-electron chi connectivity index (χ2n) is 11.6. The van der Waals surface area contributed by atoms with E-state index in [0.29, 0.717) is 49.8 Å². The average molecular weight is 630 g/mol. The predicted octanol–water partition coefficient (Wildman–Crippen LogP) is 3.02. The number of methoxy groups -OCH3 is 2. The number of nitrogens with zero attached hydrogens (tertiary/aromatic N) is 5. The molecule has 12 heteroatoms. The molecule has 2 amide bonds. The van der Waals surface area contributed by atoms with Gasteiger partial charge in [-0.15, -0.1) is 0 Å².